The van der Waals surface area contributed by atoms with Crippen LogP contribution in [-0.2, 0) is 24.0 Å². The summed E-state index contributed by atoms with van der Waals surface area (Å²) in [4.78, 5) is 60.1. The molecular formula is C18H33N5O6S. The number of carbonyl (C=O) groups excluding carboxylic acids is 4. The molecule has 0 aromatic carbocycles. The summed E-state index contributed by atoms with van der Waals surface area (Å²) >= 11 is 3.94. The summed E-state index contributed by atoms with van der Waals surface area (Å²) in [5, 5.41) is 16.4. The minimum absolute atomic E-state index is 0.00836. The lowest BCUT2D eigenvalue weighted by Gasteiger charge is -2.26. The zero-order chi connectivity index (χ0) is 23.6. The molecule has 0 spiro atoms. The Hall–Kier alpha value is -2.34. The maximum absolute atomic E-state index is 12.7. The third kappa shape index (κ3) is 9.92. The lowest BCUT2D eigenvalue weighted by molar-refractivity contribution is -0.143. The van der Waals surface area contributed by atoms with E-state index in [0.717, 1.165) is 0 Å². The van der Waals surface area contributed by atoms with Gasteiger partial charge in [0.2, 0.25) is 23.6 Å². The lowest BCUT2D eigenvalue weighted by Crippen LogP contribution is -2.58. The minimum Gasteiger partial charge on any atom is -0.480 e. The van der Waals surface area contributed by atoms with Crippen LogP contribution in [-0.4, -0.2) is 64.6 Å². The van der Waals surface area contributed by atoms with Crippen LogP contribution in [0.2, 0.25) is 0 Å². The van der Waals surface area contributed by atoms with E-state index in [0.29, 0.717) is 0 Å². The summed E-state index contributed by atoms with van der Waals surface area (Å²) in [6.07, 6.45) is -0.300. The highest BCUT2D eigenvalue weighted by molar-refractivity contribution is 7.80. The first-order valence-electron chi connectivity index (χ1n) is 9.58. The predicted octanol–water partition coefficient (Wildman–Crippen LogP) is -1.64. The molecule has 0 rings (SSSR count). The van der Waals surface area contributed by atoms with E-state index in [1.165, 1.54) is 0 Å². The summed E-state index contributed by atoms with van der Waals surface area (Å²) in [5.41, 5.74) is 10.8. The second-order valence-electron chi connectivity index (χ2n) is 7.78. The first kappa shape index (κ1) is 27.7. The molecule has 0 aromatic heterocycles. The number of carboxylic acid groups (broad SMARTS) is 1. The number of hydrogen-bond donors (Lipinski definition) is 7. The fourth-order valence-corrected chi connectivity index (χ4v) is 2.68. The first-order valence-corrected chi connectivity index (χ1v) is 10.2. The van der Waals surface area contributed by atoms with Crippen LogP contribution in [0.4, 0.5) is 0 Å². The van der Waals surface area contributed by atoms with Gasteiger partial charge in [0.15, 0.2) is 0 Å². The number of carbonyl (C=O) groups is 5. The fourth-order valence-electron chi connectivity index (χ4n) is 2.51. The van der Waals surface area contributed by atoms with Gasteiger partial charge in [-0.05, 0) is 18.3 Å². The van der Waals surface area contributed by atoms with Crippen LogP contribution in [0, 0.1) is 11.8 Å². The Balaban J connectivity index is 5.48. The molecule has 0 aliphatic rings. The van der Waals surface area contributed by atoms with Gasteiger partial charge in [0, 0.05) is 5.75 Å². The first-order chi connectivity index (χ1) is 13.8. The smallest absolute Gasteiger partial charge is 0.326 e. The molecule has 0 aromatic rings. The van der Waals surface area contributed by atoms with Gasteiger partial charge in [-0.2, -0.15) is 12.6 Å². The second-order valence-corrected chi connectivity index (χ2v) is 8.15. The standard InChI is InChI=1S/C18H33N5O6S/c1-8(2)5-11(21-15(25)10(19)7-30)16(26)22-12(6-13(20)24)17(27)23-14(9(3)4)18(28)29/h8-12,14,30H,5-7,19H2,1-4H3,(H2,20,24)(H,21,25)(H,22,26)(H,23,27)(H,28,29). The molecule has 11 nitrogen and oxygen atoms in total. The molecule has 4 atom stereocenters. The molecule has 30 heavy (non-hydrogen) atoms. The van der Waals surface area contributed by atoms with Crippen LogP contribution >= 0.6 is 12.6 Å². The summed E-state index contributed by atoms with van der Waals surface area (Å²) in [5.74, 6) is -4.67. The van der Waals surface area contributed by atoms with Crippen molar-refractivity contribution in [1.82, 2.24) is 16.0 Å². The Labute approximate surface area is 181 Å². The highest BCUT2D eigenvalue weighted by atomic mass is 32.1. The summed E-state index contributed by atoms with van der Waals surface area (Å²) in [6.45, 7) is 6.86. The van der Waals surface area contributed by atoms with Gasteiger partial charge in [-0.3, -0.25) is 19.2 Å². The molecule has 0 heterocycles. The zero-order valence-electron chi connectivity index (χ0n) is 17.7. The van der Waals surface area contributed by atoms with E-state index >= 15 is 0 Å². The number of thiol groups is 1. The number of nitrogens with one attached hydrogen (secondary N) is 3. The van der Waals surface area contributed by atoms with Crippen molar-refractivity contribution in [2.75, 3.05) is 5.75 Å². The van der Waals surface area contributed by atoms with Gasteiger partial charge >= 0.3 is 5.97 Å². The van der Waals surface area contributed by atoms with E-state index in [4.69, 9.17) is 11.5 Å². The monoisotopic (exact) mass is 447 g/mol. The van der Waals surface area contributed by atoms with Gasteiger partial charge in [-0.1, -0.05) is 27.7 Å². The maximum Gasteiger partial charge on any atom is 0.326 e. The molecule has 172 valence electrons. The Bertz CT molecular complexity index is 643. The number of primary amides is 1. The normalized spacial score (nSPS) is 15.1. The zero-order valence-corrected chi connectivity index (χ0v) is 18.6. The highest BCUT2D eigenvalue weighted by Crippen LogP contribution is 2.08. The quantitative estimate of drug-likeness (QED) is 0.164. The molecule has 0 fully saturated rings. The third-order valence-electron chi connectivity index (χ3n) is 4.14. The van der Waals surface area contributed by atoms with Gasteiger partial charge in [0.25, 0.3) is 0 Å². The Morgan fingerprint density at radius 1 is 0.900 bits per heavy atom. The molecule has 0 saturated heterocycles. The van der Waals surface area contributed by atoms with Gasteiger partial charge < -0.3 is 32.5 Å². The van der Waals surface area contributed by atoms with E-state index in [1.807, 2.05) is 13.8 Å². The number of carboxylic acids is 1. The number of hydrogen-bond acceptors (Lipinski definition) is 7. The van der Waals surface area contributed by atoms with Crippen LogP contribution in [0.5, 0.6) is 0 Å². The molecule has 4 unspecified atom stereocenters. The van der Waals surface area contributed by atoms with Crippen molar-refractivity contribution in [2.24, 2.45) is 23.3 Å². The molecule has 12 heteroatoms. The van der Waals surface area contributed by atoms with E-state index in [9.17, 15) is 29.1 Å². The molecule has 0 bridgehead atoms. The molecule has 4 amide bonds. The number of aliphatic carboxylic acids is 1. The van der Waals surface area contributed by atoms with E-state index in [1.54, 1.807) is 13.8 Å². The topological polar surface area (TPSA) is 194 Å². The van der Waals surface area contributed by atoms with Crippen LogP contribution in [0.25, 0.3) is 0 Å². The molecule has 0 aliphatic heterocycles. The van der Waals surface area contributed by atoms with Crippen LogP contribution in [0.3, 0.4) is 0 Å². The second kappa shape index (κ2) is 13.1. The third-order valence-corrected chi connectivity index (χ3v) is 4.54. The largest absolute Gasteiger partial charge is 0.480 e. The van der Waals surface area contributed by atoms with Crippen molar-refractivity contribution in [3.8, 4) is 0 Å². The SMILES string of the molecule is CC(C)CC(NC(=O)C(N)CS)C(=O)NC(CC(N)=O)C(=O)NC(C(=O)O)C(C)C. The van der Waals surface area contributed by atoms with Gasteiger partial charge in [0.1, 0.15) is 18.1 Å². The predicted molar refractivity (Wildman–Crippen MR) is 113 cm³/mol. The molecule has 8 N–H and O–H groups in total. The molecule has 0 saturated carbocycles. The minimum atomic E-state index is -1.40. The van der Waals surface area contributed by atoms with Crippen molar-refractivity contribution in [2.45, 2.75) is 64.7 Å². The van der Waals surface area contributed by atoms with Crippen molar-refractivity contribution in [3.05, 3.63) is 0 Å². The van der Waals surface area contributed by atoms with Gasteiger partial charge in [-0.15, -0.1) is 0 Å². The molecule has 0 radical (unpaired) electrons. The van der Waals surface area contributed by atoms with E-state index in [2.05, 4.69) is 28.6 Å². The Morgan fingerprint density at radius 2 is 1.40 bits per heavy atom. The highest BCUT2D eigenvalue weighted by Gasteiger charge is 2.32. The van der Waals surface area contributed by atoms with Crippen molar-refractivity contribution in [1.29, 1.82) is 0 Å². The average molecular weight is 448 g/mol. The molecule has 0 aliphatic carbocycles. The van der Waals surface area contributed by atoms with Gasteiger partial charge in [-0.25, -0.2) is 4.79 Å². The number of rotatable bonds is 13. The summed E-state index contributed by atoms with van der Waals surface area (Å²) in [6, 6.07) is -4.57. The van der Waals surface area contributed by atoms with E-state index in [-0.39, 0.29) is 18.1 Å². The fraction of sp³-hybridized carbons (Fsp3) is 0.722. The molecular weight excluding hydrogens is 414 g/mol. The van der Waals surface area contributed by atoms with Crippen LogP contribution in [0.15, 0.2) is 0 Å². The lowest BCUT2D eigenvalue weighted by atomic mass is 10.0. The summed E-state index contributed by atoms with van der Waals surface area (Å²) < 4.78 is 0. The van der Waals surface area contributed by atoms with Gasteiger partial charge in [0.05, 0.1) is 12.5 Å². The Kier molecular flexibility index (Phi) is 12.0. The number of amides is 4. The van der Waals surface area contributed by atoms with Crippen LogP contribution < -0.4 is 27.4 Å². The average Bonchev–Trinajstić information content (AvgIpc) is 2.62. The van der Waals surface area contributed by atoms with Crippen molar-refractivity contribution >= 4 is 42.2 Å². The van der Waals surface area contributed by atoms with Crippen molar-refractivity contribution < 1.29 is 29.1 Å². The van der Waals surface area contributed by atoms with E-state index < -0.39 is 66.1 Å². The summed E-state index contributed by atoms with van der Waals surface area (Å²) in [7, 11) is 0. The Morgan fingerprint density at radius 3 is 1.80 bits per heavy atom. The number of nitrogens with two attached hydrogens (primary N) is 2. The van der Waals surface area contributed by atoms with Crippen LogP contribution in [0.1, 0.15) is 40.5 Å². The van der Waals surface area contributed by atoms with Crippen molar-refractivity contribution in [3.63, 3.8) is 0 Å². The maximum atomic E-state index is 12.7.